The molecule has 0 spiro atoms. The Balaban J connectivity index is 2.11. The average molecular weight is 336 g/mol. The first-order valence-corrected chi connectivity index (χ1v) is 7.39. The van der Waals surface area contributed by atoms with Crippen molar-refractivity contribution in [3.05, 3.63) is 58.1 Å². The highest BCUT2D eigenvalue weighted by Gasteiger charge is 2.08. The minimum Gasteiger partial charge on any atom is -0.508 e. The second kappa shape index (κ2) is 7.31. The van der Waals surface area contributed by atoms with Crippen LogP contribution in [0.2, 0.25) is 0 Å². The Morgan fingerprint density at radius 1 is 1.20 bits per heavy atom. The van der Waals surface area contributed by atoms with Crippen LogP contribution in [0.15, 0.2) is 46.9 Å². The molecule has 2 aromatic carbocycles. The largest absolute Gasteiger partial charge is 0.508 e. The topological polar surface area (TPSA) is 41.5 Å². The molecule has 20 heavy (non-hydrogen) atoms. The molecule has 0 saturated carbocycles. The molecule has 0 unspecified atom stereocenters. The van der Waals surface area contributed by atoms with Gasteiger partial charge in [-0.1, -0.05) is 31.2 Å². The van der Waals surface area contributed by atoms with Gasteiger partial charge in [-0.05, 0) is 46.2 Å². The zero-order valence-electron chi connectivity index (χ0n) is 11.4. The number of rotatable bonds is 6. The summed E-state index contributed by atoms with van der Waals surface area (Å²) in [5, 5.41) is 12.8. The van der Waals surface area contributed by atoms with Crippen molar-refractivity contribution in [3.8, 4) is 11.5 Å². The molecule has 3 nitrogen and oxygen atoms in total. The molecule has 0 saturated heterocycles. The number of para-hydroxylation sites is 1. The van der Waals surface area contributed by atoms with Crippen LogP contribution in [0.25, 0.3) is 0 Å². The second-order valence-corrected chi connectivity index (χ2v) is 5.32. The summed E-state index contributed by atoms with van der Waals surface area (Å²) in [5.41, 5.74) is 2.05. The first-order valence-electron chi connectivity index (χ1n) is 6.59. The predicted octanol–water partition coefficient (Wildman–Crippen LogP) is 3.84. The van der Waals surface area contributed by atoms with Gasteiger partial charge in [0.05, 0.1) is 4.47 Å². The first-order chi connectivity index (χ1) is 9.70. The highest BCUT2D eigenvalue weighted by atomic mass is 79.9. The maximum Gasteiger partial charge on any atom is 0.138 e. The van der Waals surface area contributed by atoms with Gasteiger partial charge in [0, 0.05) is 12.1 Å². The van der Waals surface area contributed by atoms with Crippen LogP contribution in [0.3, 0.4) is 0 Å². The Bertz CT molecular complexity index is 572. The number of phenols is 1. The number of halogens is 1. The van der Waals surface area contributed by atoms with Gasteiger partial charge in [-0.15, -0.1) is 0 Å². The Labute approximate surface area is 127 Å². The standard InChI is InChI=1S/C16H18BrNO2/c1-2-18-10-13-6-4-8-15(17)16(13)20-11-12-5-3-7-14(19)9-12/h3-9,18-19H,2,10-11H2,1H3. The van der Waals surface area contributed by atoms with Crippen LogP contribution in [0, 0.1) is 0 Å². The summed E-state index contributed by atoms with van der Waals surface area (Å²) in [7, 11) is 0. The summed E-state index contributed by atoms with van der Waals surface area (Å²) < 4.78 is 6.85. The summed E-state index contributed by atoms with van der Waals surface area (Å²) in [6.07, 6.45) is 0. The summed E-state index contributed by atoms with van der Waals surface area (Å²) in [5.74, 6) is 1.10. The summed E-state index contributed by atoms with van der Waals surface area (Å²) >= 11 is 3.52. The molecule has 2 rings (SSSR count). The number of phenolic OH excluding ortho intramolecular Hbond substituents is 1. The van der Waals surface area contributed by atoms with Crippen LogP contribution in [0.4, 0.5) is 0 Å². The van der Waals surface area contributed by atoms with Gasteiger partial charge < -0.3 is 15.2 Å². The molecule has 0 radical (unpaired) electrons. The van der Waals surface area contributed by atoms with Gasteiger partial charge in [0.1, 0.15) is 18.1 Å². The monoisotopic (exact) mass is 335 g/mol. The minimum atomic E-state index is 0.256. The molecule has 0 bridgehead atoms. The van der Waals surface area contributed by atoms with Crippen LogP contribution in [-0.2, 0) is 13.2 Å². The zero-order valence-corrected chi connectivity index (χ0v) is 13.0. The molecule has 0 aliphatic heterocycles. The smallest absolute Gasteiger partial charge is 0.138 e. The second-order valence-electron chi connectivity index (χ2n) is 4.47. The molecule has 0 atom stereocenters. The molecule has 0 amide bonds. The summed E-state index contributed by atoms with van der Waals surface area (Å²) in [6, 6.07) is 13.1. The maximum absolute atomic E-state index is 9.46. The van der Waals surface area contributed by atoms with E-state index in [1.165, 1.54) is 0 Å². The van der Waals surface area contributed by atoms with Gasteiger partial charge in [-0.3, -0.25) is 0 Å². The number of hydrogen-bond acceptors (Lipinski definition) is 3. The molecule has 0 aliphatic carbocycles. The highest BCUT2D eigenvalue weighted by molar-refractivity contribution is 9.10. The Morgan fingerprint density at radius 2 is 2.00 bits per heavy atom. The lowest BCUT2D eigenvalue weighted by Gasteiger charge is -2.14. The summed E-state index contributed by atoms with van der Waals surface area (Å²) in [4.78, 5) is 0. The fraction of sp³-hybridized carbons (Fsp3) is 0.250. The number of hydrogen-bond donors (Lipinski definition) is 2. The molecule has 106 valence electrons. The van der Waals surface area contributed by atoms with E-state index in [1.54, 1.807) is 12.1 Å². The van der Waals surface area contributed by atoms with E-state index in [9.17, 15) is 5.11 Å². The van der Waals surface area contributed by atoms with Crippen molar-refractivity contribution in [2.45, 2.75) is 20.1 Å². The van der Waals surface area contributed by atoms with Crippen molar-refractivity contribution in [1.82, 2.24) is 5.32 Å². The molecule has 2 N–H and O–H groups in total. The lowest BCUT2D eigenvalue weighted by atomic mass is 10.2. The van der Waals surface area contributed by atoms with E-state index in [-0.39, 0.29) is 5.75 Å². The molecule has 2 aromatic rings. The Morgan fingerprint density at radius 3 is 2.75 bits per heavy atom. The number of ether oxygens (including phenoxy) is 1. The van der Waals surface area contributed by atoms with E-state index >= 15 is 0 Å². The summed E-state index contributed by atoms with van der Waals surface area (Å²) in [6.45, 7) is 4.19. The third kappa shape index (κ3) is 3.99. The zero-order chi connectivity index (χ0) is 14.4. The molecule has 0 heterocycles. The van der Waals surface area contributed by atoms with Crippen molar-refractivity contribution >= 4 is 15.9 Å². The molecular weight excluding hydrogens is 318 g/mol. The Kier molecular flexibility index (Phi) is 5.44. The lowest BCUT2D eigenvalue weighted by Crippen LogP contribution is -2.13. The lowest BCUT2D eigenvalue weighted by molar-refractivity contribution is 0.299. The van der Waals surface area contributed by atoms with Gasteiger partial charge in [0.25, 0.3) is 0 Å². The third-order valence-corrected chi connectivity index (χ3v) is 3.53. The minimum absolute atomic E-state index is 0.256. The predicted molar refractivity (Wildman–Crippen MR) is 84.0 cm³/mol. The van der Waals surface area contributed by atoms with E-state index in [0.29, 0.717) is 6.61 Å². The normalized spacial score (nSPS) is 10.5. The van der Waals surface area contributed by atoms with E-state index in [0.717, 1.165) is 34.4 Å². The van der Waals surface area contributed by atoms with Gasteiger partial charge in [0.15, 0.2) is 0 Å². The van der Waals surface area contributed by atoms with Crippen LogP contribution >= 0.6 is 15.9 Å². The van der Waals surface area contributed by atoms with Crippen LogP contribution < -0.4 is 10.1 Å². The van der Waals surface area contributed by atoms with Crippen LogP contribution in [0.5, 0.6) is 11.5 Å². The molecular formula is C16H18BrNO2. The molecule has 4 heteroatoms. The van der Waals surface area contributed by atoms with E-state index in [1.807, 2.05) is 30.3 Å². The van der Waals surface area contributed by atoms with Gasteiger partial charge in [0.2, 0.25) is 0 Å². The molecule has 0 fully saturated rings. The fourth-order valence-corrected chi connectivity index (χ4v) is 2.44. The van der Waals surface area contributed by atoms with E-state index in [2.05, 4.69) is 28.2 Å². The average Bonchev–Trinajstić information content (AvgIpc) is 2.44. The number of aromatic hydroxyl groups is 1. The van der Waals surface area contributed by atoms with Crippen molar-refractivity contribution in [1.29, 1.82) is 0 Å². The van der Waals surface area contributed by atoms with Gasteiger partial charge in [-0.25, -0.2) is 0 Å². The van der Waals surface area contributed by atoms with E-state index < -0.39 is 0 Å². The number of nitrogens with one attached hydrogen (secondary N) is 1. The Hall–Kier alpha value is -1.52. The van der Waals surface area contributed by atoms with Gasteiger partial charge >= 0.3 is 0 Å². The van der Waals surface area contributed by atoms with Crippen LogP contribution in [-0.4, -0.2) is 11.7 Å². The van der Waals surface area contributed by atoms with Crippen molar-refractivity contribution in [3.63, 3.8) is 0 Å². The molecule has 0 aliphatic rings. The van der Waals surface area contributed by atoms with E-state index in [4.69, 9.17) is 4.74 Å². The van der Waals surface area contributed by atoms with Gasteiger partial charge in [-0.2, -0.15) is 0 Å². The van der Waals surface area contributed by atoms with Crippen LogP contribution in [0.1, 0.15) is 18.1 Å². The van der Waals surface area contributed by atoms with Crippen molar-refractivity contribution in [2.75, 3.05) is 6.54 Å². The molecule has 0 aromatic heterocycles. The van der Waals surface area contributed by atoms with Crippen molar-refractivity contribution in [2.24, 2.45) is 0 Å². The first kappa shape index (κ1) is 14.9. The number of benzene rings is 2. The van der Waals surface area contributed by atoms with Crippen molar-refractivity contribution < 1.29 is 9.84 Å². The highest BCUT2D eigenvalue weighted by Crippen LogP contribution is 2.30. The third-order valence-electron chi connectivity index (χ3n) is 2.91. The SMILES string of the molecule is CCNCc1cccc(Br)c1OCc1cccc(O)c1. The fourth-order valence-electron chi connectivity index (χ4n) is 1.92. The quantitative estimate of drug-likeness (QED) is 0.842. The maximum atomic E-state index is 9.46.